The first kappa shape index (κ1) is 11.3. The summed E-state index contributed by atoms with van der Waals surface area (Å²) in [6.45, 7) is 2.04. The highest BCUT2D eigenvalue weighted by molar-refractivity contribution is 7.99. The number of thioether (sulfide) groups is 1. The van der Waals surface area contributed by atoms with Gasteiger partial charge in [0, 0.05) is 18.8 Å². The molecule has 1 N–H and O–H groups in total. The minimum atomic E-state index is -0.974. The Morgan fingerprint density at radius 1 is 1.38 bits per heavy atom. The van der Waals surface area contributed by atoms with E-state index in [-0.39, 0.29) is 5.69 Å². The molecule has 1 aliphatic rings. The van der Waals surface area contributed by atoms with Crippen LogP contribution < -0.4 is 4.90 Å². The number of carbonyl (C=O) groups is 1. The number of aromatic nitrogens is 1. The first-order chi connectivity index (χ1) is 7.77. The molecule has 1 aromatic rings. The lowest BCUT2D eigenvalue weighted by Gasteiger charge is -2.21. The molecule has 0 amide bonds. The average Bonchev–Trinajstić information content (AvgIpc) is 2.57. The largest absolute Gasteiger partial charge is 0.477 e. The molecule has 1 fully saturated rings. The van der Waals surface area contributed by atoms with Gasteiger partial charge in [0.1, 0.15) is 5.69 Å². The molecule has 0 unspecified atom stereocenters. The van der Waals surface area contributed by atoms with Crippen molar-refractivity contribution in [3.8, 4) is 0 Å². The molecule has 0 atom stereocenters. The fourth-order valence-electron chi connectivity index (χ4n) is 1.70. The molecule has 1 saturated heterocycles. The molecule has 0 radical (unpaired) electrons. The molecule has 5 heteroatoms. The van der Waals surface area contributed by atoms with E-state index < -0.39 is 5.97 Å². The van der Waals surface area contributed by atoms with E-state index in [1.54, 1.807) is 12.3 Å². The summed E-state index contributed by atoms with van der Waals surface area (Å²) in [5.74, 6) is 1.36. The fourth-order valence-corrected chi connectivity index (χ4v) is 2.59. The van der Waals surface area contributed by atoms with Crippen LogP contribution in [0.2, 0.25) is 0 Å². The Morgan fingerprint density at radius 2 is 2.25 bits per heavy atom. The van der Waals surface area contributed by atoms with Gasteiger partial charge in [-0.1, -0.05) is 0 Å². The maximum atomic E-state index is 10.7. The van der Waals surface area contributed by atoms with Gasteiger partial charge in [-0.15, -0.1) is 0 Å². The topological polar surface area (TPSA) is 53.4 Å². The van der Waals surface area contributed by atoms with Crippen LogP contribution in [-0.4, -0.2) is 40.7 Å². The monoisotopic (exact) mass is 238 g/mol. The predicted molar refractivity (Wildman–Crippen MR) is 65.4 cm³/mol. The summed E-state index contributed by atoms with van der Waals surface area (Å²) in [5, 5.41) is 8.75. The SMILES string of the molecule is O=C(O)c1ccc(N2CCCSCC2)cn1. The lowest BCUT2D eigenvalue weighted by molar-refractivity contribution is 0.0690. The second-order valence-electron chi connectivity index (χ2n) is 3.66. The summed E-state index contributed by atoms with van der Waals surface area (Å²) in [7, 11) is 0. The van der Waals surface area contributed by atoms with E-state index in [1.807, 2.05) is 17.8 Å². The van der Waals surface area contributed by atoms with Crippen LogP contribution in [0.3, 0.4) is 0 Å². The number of carboxylic acid groups (broad SMARTS) is 1. The predicted octanol–water partition coefficient (Wildman–Crippen LogP) is 1.72. The Bertz CT molecular complexity index is 359. The zero-order valence-corrected chi connectivity index (χ0v) is 9.74. The maximum absolute atomic E-state index is 10.7. The van der Waals surface area contributed by atoms with Gasteiger partial charge in [0.15, 0.2) is 0 Å². The van der Waals surface area contributed by atoms with Crippen molar-refractivity contribution in [1.29, 1.82) is 0 Å². The quantitative estimate of drug-likeness (QED) is 0.850. The highest BCUT2D eigenvalue weighted by atomic mass is 32.2. The Hall–Kier alpha value is -1.23. The maximum Gasteiger partial charge on any atom is 0.354 e. The van der Waals surface area contributed by atoms with E-state index >= 15 is 0 Å². The van der Waals surface area contributed by atoms with Gasteiger partial charge in [-0.2, -0.15) is 11.8 Å². The van der Waals surface area contributed by atoms with Crippen molar-refractivity contribution in [3.63, 3.8) is 0 Å². The summed E-state index contributed by atoms with van der Waals surface area (Å²) in [4.78, 5) is 16.9. The van der Waals surface area contributed by atoms with Crippen molar-refractivity contribution in [1.82, 2.24) is 4.98 Å². The first-order valence-corrected chi connectivity index (χ1v) is 6.45. The molecule has 0 bridgehead atoms. The second kappa shape index (κ2) is 5.21. The van der Waals surface area contributed by atoms with Crippen LogP contribution in [0.5, 0.6) is 0 Å². The van der Waals surface area contributed by atoms with Gasteiger partial charge >= 0.3 is 5.97 Å². The number of aromatic carboxylic acids is 1. The molecule has 0 aliphatic carbocycles. The number of anilines is 1. The van der Waals surface area contributed by atoms with E-state index in [0.29, 0.717) is 0 Å². The van der Waals surface area contributed by atoms with E-state index in [2.05, 4.69) is 9.88 Å². The molecule has 0 saturated carbocycles. The Balaban J connectivity index is 2.10. The van der Waals surface area contributed by atoms with Gasteiger partial charge in [-0.25, -0.2) is 9.78 Å². The number of carboxylic acids is 1. The second-order valence-corrected chi connectivity index (χ2v) is 4.88. The minimum absolute atomic E-state index is 0.105. The van der Waals surface area contributed by atoms with Crippen LogP contribution in [0.4, 0.5) is 5.69 Å². The summed E-state index contributed by atoms with van der Waals surface area (Å²) in [5.41, 5.74) is 1.13. The third-order valence-electron chi connectivity index (χ3n) is 2.55. The summed E-state index contributed by atoms with van der Waals surface area (Å²) in [6, 6.07) is 3.40. The van der Waals surface area contributed by atoms with Crippen molar-refractivity contribution >= 4 is 23.4 Å². The average molecular weight is 238 g/mol. The van der Waals surface area contributed by atoms with Gasteiger partial charge in [-0.05, 0) is 24.3 Å². The summed E-state index contributed by atoms with van der Waals surface area (Å²) >= 11 is 1.97. The lowest BCUT2D eigenvalue weighted by atomic mass is 10.3. The Morgan fingerprint density at radius 3 is 2.94 bits per heavy atom. The van der Waals surface area contributed by atoms with Crippen molar-refractivity contribution in [2.45, 2.75) is 6.42 Å². The first-order valence-electron chi connectivity index (χ1n) is 5.29. The molecule has 86 valence electrons. The molecule has 2 rings (SSSR count). The molecule has 16 heavy (non-hydrogen) atoms. The standard InChI is InChI=1S/C11H14N2O2S/c14-11(15)10-3-2-9(8-12-10)13-4-1-6-16-7-5-13/h2-3,8H,1,4-7H2,(H,14,15). The van der Waals surface area contributed by atoms with E-state index in [0.717, 1.165) is 24.5 Å². The van der Waals surface area contributed by atoms with Crippen LogP contribution in [-0.2, 0) is 0 Å². The van der Waals surface area contributed by atoms with E-state index in [4.69, 9.17) is 5.11 Å². The van der Waals surface area contributed by atoms with Crippen molar-refractivity contribution in [2.24, 2.45) is 0 Å². The Labute approximate surface area is 98.7 Å². The molecule has 4 nitrogen and oxygen atoms in total. The molecule has 1 aromatic heterocycles. The Kier molecular flexibility index (Phi) is 3.66. The van der Waals surface area contributed by atoms with Crippen molar-refractivity contribution in [3.05, 3.63) is 24.0 Å². The number of hydrogen-bond acceptors (Lipinski definition) is 4. The third-order valence-corrected chi connectivity index (χ3v) is 3.60. The van der Waals surface area contributed by atoms with Gasteiger partial charge < -0.3 is 10.0 Å². The minimum Gasteiger partial charge on any atom is -0.477 e. The highest BCUT2D eigenvalue weighted by Gasteiger charge is 2.11. The number of pyridine rings is 1. The molecule has 0 spiro atoms. The van der Waals surface area contributed by atoms with Crippen LogP contribution in [0.1, 0.15) is 16.9 Å². The summed E-state index contributed by atoms with van der Waals surface area (Å²) < 4.78 is 0. The summed E-state index contributed by atoms with van der Waals surface area (Å²) in [6.07, 6.45) is 2.82. The normalized spacial score (nSPS) is 16.9. The van der Waals surface area contributed by atoms with Gasteiger partial charge in [0.25, 0.3) is 0 Å². The van der Waals surface area contributed by atoms with Crippen molar-refractivity contribution < 1.29 is 9.90 Å². The number of nitrogens with zero attached hydrogens (tertiary/aromatic N) is 2. The van der Waals surface area contributed by atoms with Crippen LogP contribution >= 0.6 is 11.8 Å². The van der Waals surface area contributed by atoms with E-state index in [9.17, 15) is 4.79 Å². The number of rotatable bonds is 2. The van der Waals surface area contributed by atoms with Gasteiger partial charge in [-0.3, -0.25) is 0 Å². The van der Waals surface area contributed by atoms with Crippen LogP contribution in [0.25, 0.3) is 0 Å². The zero-order chi connectivity index (χ0) is 11.4. The highest BCUT2D eigenvalue weighted by Crippen LogP contribution is 2.18. The smallest absolute Gasteiger partial charge is 0.354 e. The lowest BCUT2D eigenvalue weighted by Crippen LogP contribution is -2.25. The van der Waals surface area contributed by atoms with Crippen molar-refractivity contribution in [2.75, 3.05) is 29.5 Å². The molecular formula is C11H14N2O2S. The fraction of sp³-hybridized carbons (Fsp3) is 0.455. The van der Waals surface area contributed by atoms with Crippen LogP contribution in [0, 0.1) is 0 Å². The number of hydrogen-bond donors (Lipinski definition) is 1. The van der Waals surface area contributed by atoms with Gasteiger partial charge in [0.2, 0.25) is 0 Å². The van der Waals surface area contributed by atoms with E-state index in [1.165, 1.54) is 12.2 Å². The van der Waals surface area contributed by atoms with Crippen LogP contribution in [0.15, 0.2) is 18.3 Å². The molecule has 1 aliphatic heterocycles. The molecule has 0 aromatic carbocycles. The third kappa shape index (κ3) is 2.66. The van der Waals surface area contributed by atoms with Gasteiger partial charge in [0.05, 0.1) is 11.9 Å². The molecule has 2 heterocycles. The molecular weight excluding hydrogens is 224 g/mol. The zero-order valence-electron chi connectivity index (χ0n) is 8.93.